The Morgan fingerprint density at radius 3 is 2.13 bits per heavy atom. The molecule has 1 fully saturated rings. The highest BCUT2D eigenvalue weighted by Gasteiger charge is 2.39. The number of nitrogens with zero attached hydrogens (tertiary/aromatic N) is 4. The van der Waals surface area contributed by atoms with Crippen molar-refractivity contribution in [2.24, 2.45) is 5.73 Å². The van der Waals surface area contributed by atoms with Gasteiger partial charge in [-0.2, -0.15) is 0 Å². The summed E-state index contributed by atoms with van der Waals surface area (Å²) in [5.74, 6) is -0.114. The molecule has 2 aliphatic rings. The molecule has 332 valence electrons. The highest BCUT2D eigenvalue weighted by atomic mass is 16.6. The zero-order valence-corrected chi connectivity index (χ0v) is 36.0. The Balaban J connectivity index is 1.06. The normalized spacial score (nSPS) is 17.2. The molecule has 0 radical (unpaired) electrons. The van der Waals surface area contributed by atoms with Crippen LogP contribution in [-0.2, 0) is 30.5 Å². The van der Waals surface area contributed by atoms with Gasteiger partial charge in [-0.15, -0.1) is 0 Å². The van der Waals surface area contributed by atoms with Crippen molar-refractivity contribution in [2.45, 2.75) is 58.3 Å². The Morgan fingerprint density at radius 1 is 0.810 bits per heavy atom. The molecule has 4 aromatic carbocycles. The molecule has 0 unspecified atom stereocenters. The van der Waals surface area contributed by atoms with Crippen LogP contribution in [0.25, 0.3) is 0 Å². The molecule has 4 aromatic rings. The minimum absolute atomic E-state index is 0.0241. The van der Waals surface area contributed by atoms with Crippen LogP contribution >= 0.6 is 0 Å². The third kappa shape index (κ3) is 11.7. The van der Waals surface area contributed by atoms with Crippen molar-refractivity contribution in [3.05, 3.63) is 108 Å². The van der Waals surface area contributed by atoms with Gasteiger partial charge in [-0.1, -0.05) is 37.3 Å². The van der Waals surface area contributed by atoms with Crippen molar-refractivity contribution < 1.29 is 38.2 Å². The Morgan fingerprint density at radius 2 is 1.44 bits per heavy atom. The molecule has 2 aliphatic heterocycles. The number of anilines is 5. The number of nitrogens with one attached hydrogen (secondary N) is 4. The lowest BCUT2D eigenvalue weighted by molar-refractivity contribution is -0.139. The van der Waals surface area contributed by atoms with E-state index in [1.165, 1.54) is 0 Å². The Kier molecular flexibility index (Phi) is 15.3. The van der Waals surface area contributed by atoms with Gasteiger partial charge in [-0.25, -0.2) is 9.59 Å². The van der Waals surface area contributed by atoms with Crippen LogP contribution < -0.4 is 41.5 Å². The monoisotopic (exact) mass is 861 g/mol. The first-order chi connectivity index (χ1) is 30.3. The summed E-state index contributed by atoms with van der Waals surface area (Å²) in [7, 11) is 1.81. The number of hydrogen-bond donors (Lipinski definition) is 5. The fourth-order valence-corrected chi connectivity index (χ4v) is 7.62. The largest absolute Gasteiger partial charge is 0.492 e. The third-order valence-corrected chi connectivity index (χ3v) is 11.0. The first-order valence-electron chi connectivity index (χ1n) is 21.0. The van der Waals surface area contributed by atoms with Crippen LogP contribution in [0.4, 0.5) is 38.0 Å². The van der Waals surface area contributed by atoms with Crippen molar-refractivity contribution >= 4 is 64.2 Å². The second-order valence-corrected chi connectivity index (χ2v) is 15.4. The summed E-state index contributed by atoms with van der Waals surface area (Å²) < 4.78 is 11.7. The van der Waals surface area contributed by atoms with E-state index < -0.39 is 24.1 Å². The van der Waals surface area contributed by atoms with E-state index in [2.05, 4.69) is 26.2 Å². The number of carbonyl (C=O) groups excluding carboxylic acids is 6. The number of para-hydroxylation sites is 1. The van der Waals surface area contributed by atoms with Crippen LogP contribution in [0.5, 0.6) is 5.75 Å². The lowest BCUT2D eigenvalue weighted by Gasteiger charge is -2.43. The molecule has 6 N–H and O–H groups in total. The first kappa shape index (κ1) is 45.5. The van der Waals surface area contributed by atoms with Gasteiger partial charge >= 0.3 is 12.1 Å². The maximum Gasteiger partial charge on any atom is 0.415 e. The van der Waals surface area contributed by atoms with Crippen LogP contribution in [0.1, 0.15) is 50.8 Å². The molecule has 17 nitrogen and oxygen atoms in total. The number of amides is 7. The molecular formula is C46H55N9O8. The van der Waals surface area contributed by atoms with Gasteiger partial charge in [0.05, 0.1) is 25.2 Å². The molecule has 17 heteroatoms. The fraction of sp³-hybridized carbons (Fsp3) is 0.348. The number of nitrogens with two attached hydrogens (primary N) is 1. The summed E-state index contributed by atoms with van der Waals surface area (Å²) in [5.41, 5.74) is 9.59. The Bertz CT molecular complexity index is 2260. The van der Waals surface area contributed by atoms with Gasteiger partial charge < -0.3 is 46.3 Å². The van der Waals surface area contributed by atoms with Crippen molar-refractivity contribution in [1.82, 2.24) is 15.1 Å². The third-order valence-electron chi connectivity index (χ3n) is 11.0. The number of rotatable bonds is 15. The topological polar surface area (TPSA) is 208 Å². The van der Waals surface area contributed by atoms with Gasteiger partial charge in [-0.3, -0.25) is 29.0 Å². The van der Waals surface area contributed by atoms with Crippen LogP contribution in [0.3, 0.4) is 0 Å². The highest BCUT2D eigenvalue weighted by Crippen LogP contribution is 2.43. The molecule has 0 bridgehead atoms. The van der Waals surface area contributed by atoms with E-state index in [0.29, 0.717) is 66.6 Å². The lowest BCUT2D eigenvalue weighted by atomic mass is 9.90. The minimum Gasteiger partial charge on any atom is -0.492 e. The number of benzene rings is 4. The molecule has 0 aromatic heterocycles. The van der Waals surface area contributed by atoms with Gasteiger partial charge in [0, 0.05) is 67.6 Å². The summed E-state index contributed by atoms with van der Waals surface area (Å²) in [6.07, 6.45) is 0.130. The smallest absolute Gasteiger partial charge is 0.415 e. The van der Waals surface area contributed by atoms with E-state index in [4.69, 9.17) is 15.2 Å². The van der Waals surface area contributed by atoms with E-state index >= 15 is 0 Å². The summed E-state index contributed by atoms with van der Waals surface area (Å²) in [6.45, 7) is 7.63. The number of likely N-dealkylation sites (N-methyl/N-ethyl adjacent to an activating group) is 1. The average molecular weight is 862 g/mol. The number of urea groups is 1. The zero-order chi connectivity index (χ0) is 45.0. The molecule has 3 atom stereocenters. The first-order valence-corrected chi connectivity index (χ1v) is 21.0. The molecule has 0 spiro atoms. The second-order valence-electron chi connectivity index (χ2n) is 15.4. The maximum atomic E-state index is 14.2. The molecule has 0 aliphatic carbocycles. The minimum atomic E-state index is -0.624. The van der Waals surface area contributed by atoms with Crippen LogP contribution in [0.2, 0.25) is 0 Å². The van der Waals surface area contributed by atoms with E-state index in [0.717, 1.165) is 17.8 Å². The van der Waals surface area contributed by atoms with Crippen LogP contribution in [-0.4, -0.2) is 104 Å². The van der Waals surface area contributed by atoms with Gasteiger partial charge in [0.1, 0.15) is 19.0 Å². The van der Waals surface area contributed by atoms with E-state index in [1.54, 1.807) is 94.5 Å². The van der Waals surface area contributed by atoms with Crippen molar-refractivity contribution in [3.8, 4) is 5.75 Å². The van der Waals surface area contributed by atoms with Gasteiger partial charge in [0.2, 0.25) is 23.6 Å². The lowest BCUT2D eigenvalue weighted by Crippen LogP contribution is -2.55. The summed E-state index contributed by atoms with van der Waals surface area (Å²) in [5, 5.41) is 10.7. The standard InChI is InChI=1S/C46H55N9O8/c1-5-43(58)54-30(2)26-40(38-8-6-7-9-39(38)54)55(46(61)63-29-32-10-12-33(13-11-32)49-41(56)27-47)36-18-14-34(15-19-36)50-42(57)28-48-45(60)51-35-16-20-37(21-17-35)62-25-24-53-23-22-52(4)44(59)31(53)3/h6-21,30-31,40H,5,22-29,47H2,1-4H3,(H,49,56)(H,50,57)(H2,48,51,60)/t30-,31+,40+/m0/s1. The molecule has 0 saturated carbocycles. The molecule has 1 saturated heterocycles. The zero-order valence-electron chi connectivity index (χ0n) is 36.0. The number of hydrogen-bond acceptors (Lipinski definition) is 10. The number of piperazine rings is 1. The Hall–Kier alpha value is -6.98. The van der Waals surface area contributed by atoms with Crippen molar-refractivity contribution in [1.29, 1.82) is 0 Å². The van der Waals surface area contributed by atoms with E-state index in [-0.39, 0.29) is 49.5 Å². The second kappa shape index (κ2) is 21.2. The fourth-order valence-electron chi connectivity index (χ4n) is 7.62. The molecular weight excluding hydrogens is 807 g/mol. The summed E-state index contributed by atoms with van der Waals surface area (Å²) in [6, 6.07) is 26.4. The van der Waals surface area contributed by atoms with Crippen molar-refractivity contribution in [3.63, 3.8) is 0 Å². The van der Waals surface area contributed by atoms with E-state index in [9.17, 15) is 28.8 Å². The van der Waals surface area contributed by atoms with Gasteiger partial charge in [0.15, 0.2) is 0 Å². The van der Waals surface area contributed by atoms with Gasteiger partial charge in [0.25, 0.3) is 0 Å². The van der Waals surface area contributed by atoms with E-state index in [1.807, 2.05) is 45.0 Å². The predicted molar refractivity (Wildman–Crippen MR) is 241 cm³/mol. The SMILES string of the molecule is CCC(=O)N1c2ccccc2[C@H](N(C(=O)OCc2ccc(NC(=O)CN)cc2)c2ccc(NC(=O)CNC(=O)Nc3ccc(OCCN4CCN(C)C(=O)[C@H]4C)cc3)cc2)C[C@@H]1C. The molecule has 7 amide bonds. The van der Waals surface area contributed by atoms with Crippen LogP contribution in [0, 0.1) is 0 Å². The van der Waals surface area contributed by atoms with Crippen LogP contribution in [0.15, 0.2) is 97.1 Å². The number of ether oxygens (including phenoxy) is 2. The summed E-state index contributed by atoms with van der Waals surface area (Å²) >= 11 is 0. The molecule has 6 rings (SSSR count). The Labute approximate surface area is 366 Å². The number of carbonyl (C=O) groups is 6. The average Bonchev–Trinajstić information content (AvgIpc) is 3.29. The molecule has 2 heterocycles. The van der Waals surface area contributed by atoms with Gasteiger partial charge in [-0.05, 0) is 98.1 Å². The maximum absolute atomic E-state index is 14.2. The number of fused-ring (bicyclic) bond motifs is 1. The quantitative estimate of drug-likeness (QED) is 0.104. The predicted octanol–water partition coefficient (Wildman–Crippen LogP) is 5.31. The highest BCUT2D eigenvalue weighted by molar-refractivity contribution is 5.98. The summed E-state index contributed by atoms with van der Waals surface area (Å²) in [4.78, 5) is 83.9. The molecule has 63 heavy (non-hydrogen) atoms. The van der Waals surface area contributed by atoms with Crippen molar-refractivity contribution in [2.75, 3.05) is 72.1 Å².